The summed E-state index contributed by atoms with van der Waals surface area (Å²) in [5.41, 5.74) is 2.47. The molecule has 4 heteroatoms. The molecule has 0 spiro atoms. The Morgan fingerprint density at radius 3 is 2.88 bits per heavy atom. The fourth-order valence-corrected chi connectivity index (χ4v) is 2.80. The Balaban J connectivity index is 1.98. The first-order valence-corrected chi connectivity index (χ1v) is 6.17. The van der Waals surface area contributed by atoms with Crippen LogP contribution in [-0.4, -0.2) is 5.16 Å². The van der Waals surface area contributed by atoms with Crippen molar-refractivity contribution in [2.75, 3.05) is 0 Å². The molecule has 0 aromatic carbocycles. The third kappa shape index (κ3) is 2.51. The SMILES string of the molecule is Cc1cc(C(C)NCc2cnoc2)c(C)s1. The van der Waals surface area contributed by atoms with Gasteiger partial charge in [-0.3, -0.25) is 0 Å². The summed E-state index contributed by atoms with van der Waals surface area (Å²) in [4.78, 5) is 2.76. The van der Waals surface area contributed by atoms with Crippen molar-refractivity contribution in [3.05, 3.63) is 39.4 Å². The van der Waals surface area contributed by atoms with Gasteiger partial charge in [-0.05, 0) is 32.4 Å². The number of aryl methyl sites for hydroxylation is 2. The molecule has 0 fully saturated rings. The van der Waals surface area contributed by atoms with Gasteiger partial charge in [-0.25, -0.2) is 0 Å². The molecule has 0 aliphatic rings. The van der Waals surface area contributed by atoms with E-state index in [2.05, 4.69) is 37.3 Å². The van der Waals surface area contributed by atoms with Gasteiger partial charge in [0, 0.05) is 27.9 Å². The van der Waals surface area contributed by atoms with Gasteiger partial charge in [-0.1, -0.05) is 5.16 Å². The van der Waals surface area contributed by atoms with Gasteiger partial charge in [0.2, 0.25) is 0 Å². The Morgan fingerprint density at radius 1 is 1.50 bits per heavy atom. The summed E-state index contributed by atoms with van der Waals surface area (Å²) < 4.78 is 4.79. The van der Waals surface area contributed by atoms with E-state index in [0.717, 1.165) is 12.1 Å². The van der Waals surface area contributed by atoms with Crippen molar-refractivity contribution in [3.8, 4) is 0 Å². The van der Waals surface area contributed by atoms with Crippen LogP contribution in [-0.2, 0) is 6.54 Å². The minimum atomic E-state index is 0.361. The fraction of sp³-hybridized carbons (Fsp3) is 0.417. The minimum absolute atomic E-state index is 0.361. The van der Waals surface area contributed by atoms with E-state index >= 15 is 0 Å². The maximum Gasteiger partial charge on any atom is 0.128 e. The molecule has 0 saturated carbocycles. The Bertz CT molecular complexity index is 448. The summed E-state index contributed by atoms with van der Waals surface area (Å²) in [6.45, 7) is 7.29. The Kier molecular flexibility index (Phi) is 3.41. The van der Waals surface area contributed by atoms with Crippen molar-refractivity contribution in [2.45, 2.75) is 33.4 Å². The number of aromatic nitrogens is 1. The van der Waals surface area contributed by atoms with Gasteiger partial charge in [-0.15, -0.1) is 11.3 Å². The van der Waals surface area contributed by atoms with Crippen molar-refractivity contribution < 1.29 is 4.52 Å². The molecule has 1 N–H and O–H groups in total. The molecule has 2 aromatic heterocycles. The van der Waals surface area contributed by atoms with Crippen LogP contribution in [0.1, 0.15) is 33.8 Å². The topological polar surface area (TPSA) is 38.1 Å². The quantitative estimate of drug-likeness (QED) is 0.885. The van der Waals surface area contributed by atoms with Crippen LogP contribution in [0.15, 0.2) is 23.0 Å². The lowest BCUT2D eigenvalue weighted by atomic mass is 10.1. The average Bonchev–Trinajstić information content (AvgIpc) is 2.84. The zero-order valence-corrected chi connectivity index (χ0v) is 10.6. The van der Waals surface area contributed by atoms with E-state index in [0.29, 0.717) is 6.04 Å². The van der Waals surface area contributed by atoms with Crippen molar-refractivity contribution in [1.82, 2.24) is 10.5 Å². The normalized spacial score (nSPS) is 12.9. The van der Waals surface area contributed by atoms with E-state index in [1.54, 1.807) is 12.5 Å². The maximum atomic E-state index is 4.79. The first-order valence-electron chi connectivity index (χ1n) is 5.35. The molecule has 2 heterocycles. The largest absolute Gasteiger partial charge is 0.364 e. The van der Waals surface area contributed by atoms with E-state index in [1.165, 1.54) is 15.3 Å². The lowest BCUT2D eigenvalue weighted by Gasteiger charge is -2.12. The van der Waals surface area contributed by atoms with Gasteiger partial charge in [0.25, 0.3) is 0 Å². The van der Waals surface area contributed by atoms with Crippen LogP contribution in [0.3, 0.4) is 0 Å². The summed E-state index contributed by atoms with van der Waals surface area (Å²) in [5.74, 6) is 0. The fourth-order valence-electron chi connectivity index (χ4n) is 1.78. The molecule has 0 amide bonds. The van der Waals surface area contributed by atoms with Gasteiger partial charge < -0.3 is 9.84 Å². The second kappa shape index (κ2) is 4.80. The Hall–Kier alpha value is -1.13. The molecule has 0 aliphatic carbocycles. The second-order valence-corrected chi connectivity index (χ2v) is 5.46. The number of rotatable bonds is 4. The van der Waals surface area contributed by atoms with Gasteiger partial charge in [-0.2, -0.15) is 0 Å². The predicted octanol–water partition coefficient (Wildman–Crippen LogP) is 3.20. The zero-order valence-electron chi connectivity index (χ0n) is 9.78. The lowest BCUT2D eigenvalue weighted by Crippen LogP contribution is -2.17. The third-order valence-electron chi connectivity index (χ3n) is 2.64. The summed E-state index contributed by atoms with van der Waals surface area (Å²) >= 11 is 1.85. The molecular weight excluding hydrogens is 220 g/mol. The summed E-state index contributed by atoms with van der Waals surface area (Å²) in [6, 6.07) is 2.62. The smallest absolute Gasteiger partial charge is 0.128 e. The van der Waals surface area contributed by atoms with Gasteiger partial charge in [0.15, 0.2) is 0 Å². The lowest BCUT2D eigenvalue weighted by molar-refractivity contribution is 0.418. The summed E-state index contributed by atoms with van der Waals surface area (Å²) in [6.07, 6.45) is 3.41. The van der Waals surface area contributed by atoms with Crippen LogP contribution in [0.25, 0.3) is 0 Å². The summed E-state index contributed by atoms with van der Waals surface area (Å²) in [7, 11) is 0. The van der Waals surface area contributed by atoms with Crippen LogP contribution in [0.5, 0.6) is 0 Å². The van der Waals surface area contributed by atoms with E-state index in [9.17, 15) is 0 Å². The number of thiophene rings is 1. The highest BCUT2D eigenvalue weighted by atomic mass is 32.1. The van der Waals surface area contributed by atoms with E-state index < -0.39 is 0 Å². The average molecular weight is 236 g/mol. The number of nitrogens with one attached hydrogen (secondary N) is 1. The van der Waals surface area contributed by atoms with Gasteiger partial charge in [0.1, 0.15) is 6.26 Å². The molecule has 2 rings (SSSR count). The van der Waals surface area contributed by atoms with Crippen molar-refractivity contribution in [2.24, 2.45) is 0 Å². The second-order valence-electron chi connectivity index (χ2n) is 4.00. The molecule has 0 bridgehead atoms. The standard InChI is InChI=1S/C12H16N2OS/c1-8-4-12(10(3)16-8)9(2)13-5-11-6-14-15-7-11/h4,6-7,9,13H,5H2,1-3H3. The maximum absolute atomic E-state index is 4.79. The Labute approximate surface area is 99.5 Å². The molecule has 1 atom stereocenters. The highest BCUT2D eigenvalue weighted by molar-refractivity contribution is 7.12. The molecule has 2 aromatic rings. The molecule has 1 unspecified atom stereocenters. The van der Waals surface area contributed by atoms with Gasteiger partial charge >= 0.3 is 0 Å². The highest BCUT2D eigenvalue weighted by Crippen LogP contribution is 2.26. The summed E-state index contributed by atoms with van der Waals surface area (Å²) in [5, 5.41) is 7.14. The van der Waals surface area contributed by atoms with Crippen LogP contribution >= 0.6 is 11.3 Å². The van der Waals surface area contributed by atoms with Crippen molar-refractivity contribution in [1.29, 1.82) is 0 Å². The Morgan fingerprint density at radius 2 is 2.31 bits per heavy atom. The zero-order chi connectivity index (χ0) is 11.5. The van der Waals surface area contributed by atoms with Crippen LogP contribution in [0.2, 0.25) is 0 Å². The first-order chi connectivity index (χ1) is 7.66. The van der Waals surface area contributed by atoms with Crippen molar-refractivity contribution in [3.63, 3.8) is 0 Å². The van der Waals surface area contributed by atoms with Crippen LogP contribution in [0, 0.1) is 13.8 Å². The molecule has 86 valence electrons. The van der Waals surface area contributed by atoms with Crippen molar-refractivity contribution >= 4 is 11.3 Å². The third-order valence-corrected chi connectivity index (χ3v) is 3.62. The molecule has 0 saturated heterocycles. The van der Waals surface area contributed by atoms with E-state index in [-0.39, 0.29) is 0 Å². The number of nitrogens with zero attached hydrogens (tertiary/aromatic N) is 1. The molecule has 0 radical (unpaired) electrons. The number of hydrogen-bond donors (Lipinski definition) is 1. The molecule has 0 aliphatic heterocycles. The van der Waals surface area contributed by atoms with Gasteiger partial charge in [0.05, 0.1) is 6.20 Å². The molecule has 3 nitrogen and oxygen atoms in total. The molecule has 16 heavy (non-hydrogen) atoms. The molecular formula is C12H16N2OS. The predicted molar refractivity (Wildman–Crippen MR) is 65.6 cm³/mol. The van der Waals surface area contributed by atoms with E-state index in [4.69, 9.17) is 4.52 Å². The van der Waals surface area contributed by atoms with Crippen LogP contribution in [0.4, 0.5) is 0 Å². The first kappa shape index (κ1) is 11.4. The monoisotopic (exact) mass is 236 g/mol. The highest BCUT2D eigenvalue weighted by Gasteiger charge is 2.10. The number of hydrogen-bond acceptors (Lipinski definition) is 4. The minimum Gasteiger partial charge on any atom is -0.364 e. The van der Waals surface area contributed by atoms with E-state index in [1.807, 2.05) is 11.3 Å². The van der Waals surface area contributed by atoms with Crippen LogP contribution < -0.4 is 5.32 Å².